The fourth-order valence-corrected chi connectivity index (χ4v) is 6.08. The second-order valence-corrected chi connectivity index (χ2v) is 10.9. The molecular formula is C20H24FN3O5S2. The van der Waals surface area contributed by atoms with E-state index in [2.05, 4.69) is 10.0 Å². The third kappa shape index (κ3) is 5.29. The molecule has 1 fully saturated rings. The maximum absolute atomic E-state index is 14.1. The molecule has 3 rings (SSSR count). The van der Waals surface area contributed by atoms with E-state index in [0.29, 0.717) is 24.0 Å². The number of carbonyl (C=O) groups is 1. The fourth-order valence-electron chi connectivity index (χ4n) is 3.52. The second kappa shape index (κ2) is 9.43. The summed E-state index contributed by atoms with van der Waals surface area (Å²) >= 11 is 0. The number of benzene rings is 2. The van der Waals surface area contributed by atoms with Crippen molar-refractivity contribution in [3.05, 3.63) is 65.5 Å². The largest absolute Gasteiger partial charge is 0.351 e. The first-order valence-electron chi connectivity index (χ1n) is 9.68. The lowest BCUT2D eigenvalue weighted by molar-refractivity contribution is -0.124. The Balaban J connectivity index is 1.75. The Morgan fingerprint density at radius 2 is 1.71 bits per heavy atom. The zero-order valence-electron chi connectivity index (χ0n) is 16.9. The van der Waals surface area contributed by atoms with E-state index in [1.807, 2.05) is 0 Å². The summed E-state index contributed by atoms with van der Waals surface area (Å²) in [7, 11) is -6.35. The number of rotatable bonds is 8. The van der Waals surface area contributed by atoms with Gasteiger partial charge in [0.1, 0.15) is 16.8 Å². The van der Waals surface area contributed by atoms with Gasteiger partial charge in [0, 0.05) is 13.1 Å². The van der Waals surface area contributed by atoms with Crippen LogP contribution in [-0.4, -0.2) is 46.7 Å². The first-order chi connectivity index (χ1) is 14.7. The van der Waals surface area contributed by atoms with E-state index in [-0.39, 0.29) is 18.8 Å². The molecule has 1 atom stereocenters. The van der Waals surface area contributed by atoms with Crippen LogP contribution in [0.2, 0.25) is 0 Å². The molecule has 0 aliphatic carbocycles. The van der Waals surface area contributed by atoms with Gasteiger partial charge in [0.15, 0.2) is 0 Å². The topological polar surface area (TPSA) is 113 Å². The van der Waals surface area contributed by atoms with Crippen molar-refractivity contribution in [2.75, 3.05) is 13.6 Å². The number of nitrogens with one attached hydrogen (secondary N) is 2. The van der Waals surface area contributed by atoms with Crippen molar-refractivity contribution >= 4 is 26.0 Å². The third-order valence-corrected chi connectivity index (χ3v) is 8.41. The van der Waals surface area contributed by atoms with Gasteiger partial charge in [-0.1, -0.05) is 36.4 Å². The second-order valence-electron chi connectivity index (χ2n) is 7.15. The van der Waals surface area contributed by atoms with E-state index in [1.54, 1.807) is 24.3 Å². The summed E-state index contributed by atoms with van der Waals surface area (Å²) in [6, 6.07) is 10.9. The average molecular weight is 470 g/mol. The Hall–Kier alpha value is -2.34. The predicted molar refractivity (Wildman–Crippen MR) is 113 cm³/mol. The summed E-state index contributed by atoms with van der Waals surface area (Å²) in [5, 5.41) is 2.70. The molecule has 0 radical (unpaired) electrons. The van der Waals surface area contributed by atoms with E-state index in [4.69, 9.17) is 0 Å². The quantitative estimate of drug-likeness (QED) is 0.606. The van der Waals surface area contributed by atoms with Gasteiger partial charge in [-0.15, -0.1) is 0 Å². The Kier molecular flexibility index (Phi) is 7.10. The predicted octanol–water partition coefficient (Wildman–Crippen LogP) is 1.34. The SMILES string of the molecule is CNS(=O)(=O)Cc1ccccc1CNC(=O)C1CCCN1S(=O)(=O)c1ccccc1F. The molecule has 168 valence electrons. The summed E-state index contributed by atoms with van der Waals surface area (Å²) in [4.78, 5) is 12.3. The molecule has 0 saturated carbocycles. The van der Waals surface area contributed by atoms with Gasteiger partial charge in [-0.2, -0.15) is 4.31 Å². The fraction of sp³-hybridized carbons (Fsp3) is 0.350. The van der Waals surface area contributed by atoms with E-state index >= 15 is 0 Å². The number of sulfonamides is 2. The van der Waals surface area contributed by atoms with Gasteiger partial charge in [-0.05, 0) is 43.1 Å². The number of nitrogens with zero attached hydrogens (tertiary/aromatic N) is 1. The molecule has 0 aromatic heterocycles. The van der Waals surface area contributed by atoms with Crippen LogP contribution in [0.5, 0.6) is 0 Å². The highest BCUT2D eigenvalue weighted by molar-refractivity contribution is 7.89. The van der Waals surface area contributed by atoms with Crippen molar-refractivity contribution in [2.24, 2.45) is 0 Å². The molecular weight excluding hydrogens is 445 g/mol. The van der Waals surface area contributed by atoms with Gasteiger partial charge >= 0.3 is 0 Å². The summed E-state index contributed by atoms with van der Waals surface area (Å²) in [5.74, 6) is -1.62. The first-order valence-corrected chi connectivity index (χ1v) is 12.8. The highest BCUT2D eigenvalue weighted by Crippen LogP contribution is 2.27. The minimum absolute atomic E-state index is 0.0400. The molecule has 0 bridgehead atoms. The molecule has 1 aliphatic heterocycles. The molecule has 1 saturated heterocycles. The van der Waals surface area contributed by atoms with Crippen LogP contribution in [-0.2, 0) is 37.1 Å². The Labute approximate surface area is 181 Å². The molecule has 2 aromatic carbocycles. The van der Waals surface area contributed by atoms with Crippen LogP contribution in [0.1, 0.15) is 24.0 Å². The van der Waals surface area contributed by atoms with Gasteiger partial charge < -0.3 is 5.32 Å². The Morgan fingerprint density at radius 1 is 1.06 bits per heavy atom. The van der Waals surface area contributed by atoms with Crippen molar-refractivity contribution in [1.29, 1.82) is 0 Å². The van der Waals surface area contributed by atoms with Crippen LogP contribution in [0.25, 0.3) is 0 Å². The number of hydrogen-bond acceptors (Lipinski definition) is 5. The monoisotopic (exact) mass is 469 g/mol. The molecule has 2 N–H and O–H groups in total. The minimum Gasteiger partial charge on any atom is -0.351 e. The van der Waals surface area contributed by atoms with Crippen molar-refractivity contribution in [3.63, 3.8) is 0 Å². The summed E-state index contributed by atoms with van der Waals surface area (Å²) in [6.45, 7) is 0.157. The van der Waals surface area contributed by atoms with Gasteiger partial charge in [-0.25, -0.2) is 25.9 Å². The summed E-state index contributed by atoms with van der Waals surface area (Å²) in [5.41, 5.74) is 1.13. The number of carbonyl (C=O) groups excluding carboxylic acids is 1. The number of halogens is 1. The van der Waals surface area contributed by atoms with Crippen molar-refractivity contribution in [2.45, 2.75) is 36.1 Å². The highest BCUT2D eigenvalue weighted by Gasteiger charge is 2.40. The molecule has 1 amide bonds. The zero-order chi connectivity index (χ0) is 22.6. The molecule has 1 aliphatic rings. The maximum atomic E-state index is 14.1. The standard InChI is InChI=1S/C20H24FN3O5S2/c1-22-30(26,27)14-16-8-3-2-7-15(16)13-23-20(25)18-10-6-12-24(18)31(28,29)19-11-5-4-9-17(19)21/h2-5,7-9,11,18,22H,6,10,12-14H2,1H3,(H,23,25). The van der Waals surface area contributed by atoms with Crippen LogP contribution in [0, 0.1) is 5.82 Å². The minimum atomic E-state index is -4.17. The lowest BCUT2D eigenvalue weighted by Crippen LogP contribution is -2.45. The van der Waals surface area contributed by atoms with Gasteiger partial charge in [0.25, 0.3) is 0 Å². The van der Waals surface area contributed by atoms with Crippen molar-refractivity contribution in [3.8, 4) is 0 Å². The van der Waals surface area contributed by atoms with Crippen LogP contribution >= 0.6 is 0 Å². The van der Waals surface area contributed by atoms with Crippen molar-refractivity contribution < 1.29 is 26.0 Å². The molecule has 2 aromatic rings. The van der Waals surface area contributed by atoms with E-state index in [0.717, 1.165) is 10.4 Å². The normalized spacial score (nSPS) is 17.5. The first kappa shape index (κ1) is 23.3. The summed E-state index contributed by atoms with van der Waals surface area (Å²) in [6.07, 6.45) is 0.790. The Morgan fingerprint density at radius 3 is 2.39 bits per heavy atom. The molecule has 8 nitrogen and oxygen atoms in total. The number of hydrogen-bond donors (Lipinski definition) is 2. The third-order valence-electron chi connectivity index (χ3n) is 5.16. The van der Waals surface area contributed by atoms with E-state index in [1.165, 1.54) is 25.2 Å². The van der Waals surface area contributed by atoms with Gasteiger partial charge in [0.2, 0.25) is 26.0 Å². The lowest BCUT2D eigenvalue weighted by atomic mass is 10.1. The average Bonchev–Trinajstić information content (AvgIpc) is 3.24. The van der Waals surface area contributed by atoms with Crippen LogP contribution in [0.3, 0.4) is 0 Å². The molecule has 1 heterocycles. The van der Waals surface area contributed by atoms with Crippen LogP contribution < -0.4 is 10.0 Å². The molecule has 31 heavy (non-hydrogen) atoms. The highest BCUT2D eigenvalue weighted by atomic mass is 32.2. The molecule has 1 unspecified atom stereocenters. The zero-order valence-corrected chi connectivity index (χ0v) is 18.5. The number of amides is 1. The Bertz CT molecular complexity index is 1170. The van der Waals surface area contributed by atoms with Crippen LogP contribution in [0.15, 0.2) is 53.4 Å². The van der Waals surface area contributed by atoms with E-state index in [9.17, 15) is 26.0 Å². The lowest BCUT2D eigenvalue weighted by Gasteiger charge is -2.24. The van der Waals surface area contributed by atoms with Crippen molar-refractivity contribution in [1.82, 2.24) is 14.3 Å². The smallest absolute Gasteiger partial charge is 0.246 e. The van der Waals surface area contributed by atoms with E-state index < -0.39 is 42.7 Å². The maximum Gasteiger partial charge on any atom is 0.246 e. The van der Waals surface area contributed by atoms with Crippen LogP contribution in [0.4, 0.5) is 4.39 Å². The molecule has 0 spiro atoms. The summed E-state index contributed by atoms with van der Waals surface area (Å²) < 4.78 is 67.0. The van der Waals surface area contributed by atoms with Gasteiger partial charge in [-0.3, -0.25) is 4.79 Å². The molecule has 11 heteroatoms. The van der Waals surface area contributed by atoms with Gasteiger partial charge in [0.05, 0.1) is 5.75 Å².